The van der Waals surface area contributed by atoms with Crippen LogP contribution in [0.5, 0.6) is 5.75 Å². The first-order valence-corrected chi connectivity index (χ1v) is 8.82. The predicted octanol–water partition coefficient (Wildman–Crippen LogP) is 1.24. The van der Waals surface area contributed by atoms with Crippen LogP contribution in [0.3, 0.4) is 0 Å². The van der Waals surface area contributed by atoms with E-state index in [4.69, 9.17) is 21.7 Å². The molecule has 26 heavy (non-hydrogen) atoms. The van der Waals surface area contributed by atoms with Crippen molar-refractivity contribution < 1.29 is 14.6 Å². The third-order valence-electron chi connectivity index (χ3n) is 3.95. The first-order valence-electron chi connectivity index (χ1n) is 8.41. The molecule has 0 aliphatic rings. The van der Waals surface area contributed by atoms with Crippen molar-refractivity contribution in [3.05, 3.63) is 40.2 Å². The monoisotopic (exact) mass is 379 g/mol. The molecule has 142 valence electrons. The zero-order valence-corrected chi connectivity index (χ0v) is 15.9. The average Bonchev–Trinajstić information content (AvgIpc) is 2.64. The number of aliphatic hydroxyl groups is 1. The fourth-order valence-electron chi connectivity index (χ4n) is 2.58. The Balaban J connectivity index is 2.17. The van der Waals surface area contributed by atoms with Gasteiger partial charge in [-0.25, -0.2) is 0 Å². The standard InChI is InChI=1S/C18H25N3O4S/c1-24-9-3-6-19-18(26)21(7-8-22)12-14-10-13-11-15(25-2)4-5-16(13)20-17(14)23/h4-5,10-11,22H,3,6-9,12H2,1-2H3,(H,19,26)(H,20,23). The van der Waals surface area contributed by atoms with Crippen molar-refractivity contribution in [2.75, 3.05) is 40.5 Å². The Bertz CT molecular complexity index is 794. The highest BCUT2D eigenvalue weighted by Crippen LogP contribution is 2.19. The van der Waals surface area contributed by atoms with Gasteiger partial charge in [-0.1, -0.05) is 0 Å². The SMILES string of the molecule is COCCCNC(=S)N(CCO)Cc1cc2cc(OC)ccc2[nH]c1=O. The van der Waals surface area contributed by atoms with Gasteiger partial charge in [0.25, 0.3) is 5.56 Å². The van der Waals surface area contributed by atoms with E-state index >= 15 is 0 Å². The minimum Gasteiger partial charge on any atom is -0.497 e. The number of thiocarbonyl (C=S) groups is 1. The summed E-state index contributed by atoms with van der Waals surface area (Å²) in [6, 6.07) is 7.31. The molecule has 0 radical (unpaired) electrons. The largest absolute Gasteiger partial charge is 0.497 e. The number of hydrogen-bond acceptors (Lipinski definition) is 5. The van der Waals surface area contributed by atoms with Crippen molar-refractivity contribution >= 4 is 28.2 Å². The van der Waals surface area contributed by atoms with Crippen LogP contribution in [-0.4, -0.2) is 60.6 Å². The molecule has 0 bridgehead atoms. The van der Waals surface area contributed by atoms with Gasteiger partial charge in [0.2, 0.25) is 0 Å². The van der Waals surface area contributed by atoms with E-state index < -0.39 is 0 Å². The maximum atomic E-state index is 12.4. The Morgan fingerprint density at radius 3 is 2.85 bits per heavy atom. The first-order chi connectivity index (χ1) is 12.6. The van der Waals surface area contributed by atoms with Gasteiger partial charge < -0.3 is 29.8 Å². The molecule has 0 aliphatic heterocycles. The van der Waals surface area contributed by atoms with Crippen LogP contribution in [0.2, 0.25) is 0 Å². The fourth-order valence-corrected chi connectivity index (χ4v) is 2.83. The number of pyridine rings is 1. The van der Waals surface area contributed by atoms with E-state index in [9.17, 15) is 9.90 Å². The smallest absolute Gasteiger partial charge is 0.253 e. The number of nitrogens with zero attached hydrogens (tertiary/aromatic N) is 1. The third kappa shape index (κ3) is 5.42. The van der Waals surface area contributed by atoms with E-state index in [0.29, 0.717) is 36.9 Å². The molecular formula is C18H25N3O4S. The molecule has 7 nitrogen and oxygen atoms in total. The molecule has 0 unspecified atom stereocenters. The Morgan fingerprint density at radius 2 is 2.15 bits per heavy atom. The second-order valence-electron chi connectivity index (χ2n) is 5.80. The molecule has 0 atom stereocenters. The number of aliphatic hydroxyl groups excluding tert-OH is 1. The summed E-state index contributed by atoms with van der Waals surface area (Å²) in [6.07, 6.45) is 0.819. The van der Waals surface area contributed by atoms with Crippen molar-refractivity contribution in [3.8, 4) is 5.75 Å². The maximum absolute atomic E-state index is 12.4. The van der Waals surface area contributed by atoms with Crippen molar-refractivity contribution in [1.29, 1.82) is 0 Å². The predicted molar refractivity (Wildman–Crippen MR) is 106 cm³/mol. The van der Waals surface area contributed by atoms with Crippen molar-refractivity contribution in [1.82, 2.24) is 15.2 Å². The summed E-state index contributed by atoms with van der Waals surface area (Å²) < 4.78 is 10.2. The summed E-state index contributed by atoms with van der Waals surface area (Å²) in [7, 11) is 3.25. The van der Waals surface area contributed by atoms with Gasteiger partial charge in [0, 0.05) is 43.3 Å². The van der Waals surface area contributed by atoms with Gasteiger partial charge in [-0.3, -0.25) is 4.79 Å². The number of ether oxygens (including phenoxy) is 2. The molecule has 0 spiro atoms. The molecule has 0 saturated carbocycles. The highest BCUT2D eigenvalue weighted by molar-refractivity contribution is 7.80. The second kappa shape index (κ2) is 10.1. The number of benzene rings is 1. The summed E-state index contributed by atoms with van der Waals surface area (Å²) >= 11 is 5.40. The number of aromatic nitrogens is 1. The Hall–Kier alpha value is -2.16. The van der Waals surface area contributed by atoms with Crippen LogP contribution in [-0.2, 0) is 11.3 Å². The molecule has 1 aromatic heterocycles. The summed E-state index contributed by atoms with van der Waals surface area (Å²) in [5, 5.41) is 13.8. The number of nitrogens with one attached hydrogen (secondary N) is 2. The number of aromatic amines is 1. The lowest BCUT2D eigenvalue weighted by Crippen LogP contribution is -2.42. The van der Waals surface area contributed by atoms with E-state index in [1.807, 2.05) is 18.2 Å². The minimum atomic E-state index is -0.173. The van der Waals surface area contributed by atoms with Crippen LogP contribution in [0.4, 0.5) is 0 Å². The molecule has 1 heterocycles. The van der Waals surface area contributed by atoms with Gasteiger partial charge in [0.05, 0.1) is 20.3 Å². The van der Waals surface area contributed by atoms with Gasteiger partial charge in [0.1, 0.15) is 5.75 Å². The van der Waals surface area contributed by atoms with Crippen molar-refractivity contribution in [2.45, 2.75) is 13.0 Å². The highest BCUT2D eigenvalue weighted by Gasteiger charge is 2.13. The van der Waals surface area contributed by atoms with Crippen LogP contribution >= 0.6 is 12.2 Å². The van der Waals surface area contributed by atoms with Crippen molar-refractivity contribution in [3.63, 3.8) is 0 Å². The van der Waals surface area contributed by atoms with E-state index in [0.717, 1.165) is 23.1 Å². The molecule has 0 fully saturated rings. The Morgan fingerprint density at radius 1 is 1.35 bits per heavy atom. The molecule has 1 aromatic carbocycles. The lowest BCUT2D eigenvalue weighted by Gasteiger charge is -2.25. The first kappa shape index (κ1) is 20.2. The summed E-state index contributed by atoms with van der Waals surface area (Å²) in [5.41, 5.74) is 1.14. The molecule has 3 N–H and O–H groups in total. The second-order valence-corrected chi connectivity index (χ2v) is 6.19. The van der Waals surface area contributed by atoms with Crippen LogP contribution in [0.1, 0.15) is 12.0 Å². The zero-order valence-electron chi connectivity index (χ0n) is 15.1. The molecule has 2 rings (SSSR count). The summed E-state index contributed by atoms with van der Waals surface area (Å²) in [5.74, 6) is 0.720. The highest BCUT2D eigenvalue weighted by atomic mass is 32.1. The van der Waals surface area contributed by atoms with E-state index in [1.165, 1.54) is 0 Å². The Kier molecular flexibility index (Phi) is 7.83. The molecule has 0 amide bonds. The average molecular weight is 379 g/mol. The molecular weight excluding hydrogens is 354 g/mol. The topological polar surface area (TPSA) is 86.8 Å². The normalized spacial score (nSPS) is 10.7. The number of hydrogen-bond donors (Lipinski definition) is 3. The lowest BCUT2D eigenvalue weighted by atomic mass is 10.1. The summed E-state index contributed by atoms with van der Waals surface area (Å²) in [6.45, 7) is 1.89. The van der Waals surface area contributed by atoms with Crippen LogP contribution < -0.4 is 15.6 Å². The number of fused-ring (bicyclic) bond motifs is 1. The number of rotatable bonds is 9. The van der Waals surface area contributed by atoms with Gasteiger partial charge in [-0.05, 0) is 42.9 Å². The van der Waals surface area contributed by atoms with Crippen LogP contribution in [0.15, 0.2) is 29.1 Å². The number of H-pyrrole nitrogens is 1. The lowest BCUT2D eigenvalue weighted by molar-refractivity contribution is 0.195. The van der Waals surface area contributed by atoms with Crippen molar-refractivity contribution in [2.24, 2.45) is 0 Å². The Labute approximate surface area is 157 Å². The van der Waals surface area contributed by atoms with E-state index in [2.05, 4.69) is 10.3 Å². The fraction of sp³-hybridized carbons (Fsp3) is 0.444. The molecule has 2 aromatic rings. The molecule has 0 aliphatic carbocycles. The van der Waals surface area contributed by atoms with Gasteiger partial charge >= 0.3 is 0 Å². The van der Waals surface area contributed by atoms with E-state index in [-0.39, 0.29) is 12.2 Å². The quantitative estimate of drug-likeness (QED) is 0.446. The molecule has 0 saturated heterocycles. The minimum absolute atomic E-state index is 0.0563. The molecule has 8 heteroatoms. The zero-order chi connectivity index (χ0) is 18.9. The van der Waals surface area contributed by atoms with Gasteiger partial charge in [-0.2, -0.15) is 0 Å². The number of methoxy groups -OCH3 is 2. The maximum Gasteiger partial charge on any atom is 0.253 e. The van der Waals surface area contributed by atoms with Crippen LogP contribution in [0, 0.1) is 0 Å². The third-order valence-corrected chi connectivity index (χ3v) is 4.35. The van der Waals surface area contributed by atoms with Gasteiger partial charge in [-0.15, -0.1) is 0 Å². The summed E-state index contributed by atoms with van der Waals surface area (Å²) in [4.78, 5) is 17.0. The van der Waals surface area contributed by atoms with E-state index in [1.54, 1.807) is 25.2 Å². The van der Waals surface area contributed by atoms with Crippen LogP contribution in [0.25, 0.3) is 10.9 Å². The van der Waals surface area contributed by atoms with Gasteiger partial charge in [0.15, 0.2) is 5.11 Å².